The first kappa shape index (κ1) is 26.4. The number of fused-ring (bicyclic) bond motifs is 1. The Morgan fingerprint density at radius 2 is 1.50 bits per heavy atom. The van der Waals surface area contributed by atoms with Crippen LogP contribution >= 0.6 is 0 Å². The SMILES string of the molecule is CCOC(=O)c1c(C)n(-c2ccccc2)c2ccc(OC(=O)c3ccccc3NC(=O)c3ccc(C)cc3)cc12. The van der Waals surface area contributed by atoms with Crippen LogP contribution in [0.15, 0.2) is 97.1 Å². The highest BCUT2D eigenvalue weighted by molar-refractivity contribution is 6.09. The second-order valence-corrected chi connectivity index (χ2v) is 9.29. The largest absolute Gasteiger partial charge is 0.462 e. The molecule has 7 nitrogen and oxygen atoms in total. The molecular formula is C33H28N2O5. The fraction of sp³-hybridized carbons (Fsp3) is 0.121. The van der Waals surface area contributed by atoms with E-state index in [1.807, 2.05) is 66.9 Å². The Morgan fingerprint density at radius 1 is 0.800 bits per heavy atom. The first-order chi connectivity index (χ1) is 19.4. The van der Waals surface area contributed by atoms with Gasteiger partial charge in [0.15, 0.2) is 0 Å². The maximum absolute atomic E-state index is 13.3. The number of esters is 2. The van der Waals surface area contributed by atoms with Gasteiger partial charge in [-0.1, -0.05) is 48.0 Å². The molecule has 0 aliphatic rings. The Labute approximate surface area is 232 Å². The average Bonchev–Trinajstić information content (AvgIpc) is 3.25. The maximum Gasteiger partial charge on any atom is 0.345 e. The minimum Gasteiger partial charge on any atom is -0.462 e. The zero-order valence-corrected chi connectivity index (χ0v) is 22.4. The fourth-order valence-corrected chi connectivity index (χ4v) is 4.66. The number of hydrogen-bond acceptors (Lipinski definition) is 5. The van der Waals surface area contributed by atoms with Crippen molar-refractivity contribution in [2.45, 2.75) is 20.8 Å². The Kier molecular flexibility index (Phi) is 7.46. The number of amides is 1. The third-order valence-electron chi connectivity index (χ3n) is 6.59. The zero-order valence-electron chi connectivity index (χ0n) is 22.4. The fourth-order valence-electron chi connectivity index (χ4n) is 4.66. The molecule has 1 amide bonds. The standard InChI is InChI=1S/C33H28N2O5/c1-4-39-33(38)30-22(3)35(24-10-6-5-7-11-24)29-19-18-25(20-27(29)30)40-32(37)26-12-8-9-13-28(26)34-31(36)23-16-14-21(2)15-17-23/h5-20H,4H2,1-3H3,(H,34,36). The Hall–Kier alpha value is -5.17. The number of nitrogens with zero attached hydrogens (tertiary/aromatic N) is 1. The molecule has 0 saturated carbocycles. The first-order valence-corrected chi connectivity index (χ1v) is 12.9. The average molecular weight is 533 g/mol. The van der Waals surface area contributed by atoms with E-state index < -0.39 is 11.9 Å². The second-order valence-electron chi connectivity index (χ2n) is 9.29. The lowest BCUT2D eigenvalue weighted by Gasteiger charge is -2.11. The van der Waals surface area contributed by atoms with Crippen LogP contribution in [0.25, 0.3) is 16.6 Å². The smallest absolute Gasteiger partial charge is 0.345 e. The van der Waals surface area contributed by atoms with E-state index in [4.69, 9.17) is 9.47 Å². The minimum absolute atomic E-state index is 0.201. The number of aryl methyl sites for hydroxylation is 1. The van der Waals surface area contributed by atoms with Gasteiger partial charge in [0, 0.05) is 22.3 Å². The van der Waals surface area contributed by atoms with E-state index in [2.05, 4.69) is 5.32 Å². The number of ether oxygens (including phenoxy) is 2. The van der Waals surface area contributed by atoms with Crippen LogP contribution in [0.5, 0.6) is 5.75 Å². The van der Waals surface area contributed by atoms with Gasteiger partial charge < -0.3 is 19.4 Å². The summed E-state index contributed by atoms with van der Waals surface area (Å²) in [6, 6.07) is 28.7. The summed E-state index contributed by atoms with van der Waals surface area (Å²) in [4.78, 5) is 39.1. The molecule has 1 heterocycles. The van der Waals surface area contributed by atoms with E-state index in [1.54, 1.807) is 55.5 Å². The van der Waals surface area contributed by atoms with Crippen LogP contribution in [-0.4, -0.2) is 29.0 Å². The topological polar surface area (TPSA) is 86.6 Å². The lowest BCUT2D eigenvalue weighted by atomic mass is 10.1. The van der Waals surface area contributed by atoms with Crippen molar-refractivity contribution in [2.75, 3.05) is 11.9 Å². The van der Waals surface area contributed by atoms with Crippen LogP contribution < -0.4 is 10.1 Å². The molecule has 4 aromatic carbocycles. The van der Waals surface area contributed by atoms with Gasteiger partial charge in [0.05, 0.1) is 28.9 Å². The van der Waals surface area contributed by atoms with Crippen LogP contribution in [0.3, 0.4) is 0 Å². The lowest BCUT2D eigenvalue weighted by molar-refractivity contribution is 0.0527. The highest BCUT2D eigenvalue weighted by Gasteiger charge is 2.23. The third kappa shape index (κ3) is 5.22. The van der Waals surface area contributed by atoms with Crippen molar-refractivity contribution in [2.24, 2.45) is 0 Å². The highest BCUT2D eigenvalue weighted by atomic mass is 16.5. The lowest BCUT2D eigenvalue weighted by Crippen LogP contribution is -2.17. The molecule has 40 heavy (non-hydrogen) atoms. The molecule has 5 aromatic rings. The molecule has 0 bridgehead atoms. The maximum atomic E-state index is 13.3. The molecule has 0 spiro atoms. The molecule has 0 radical (unpaired) electrons. The summed E-state index contributed by atoms with van der Waals surface area (Å²) in [6.45, 7) is 5.79. The minimum atomic E-state index is -0.643. The van der Waals surface area contributed by atoms with Gasteiger partial charge in [0.2, 0.25) is 0 Å². The van der Waals surface area contributed by atoms with Gasteiger partial charge in [-0.2, -0.15) is 0 Å². The van der Waals surface area contributed by atoms with E-state index in [0.29, 0.717) is 27.9 Å². The van der Waals surface area contributed by atoms with Crippen molar-refractivity contribution in [1.82, 2.24) is 4.57 Å². The molecule has 0 saturated heterocycles. The van der Waals surface area contributed by atoms with Gasteiger partial charge in [0.1, 0.15) is 5.75 Å². The molecule has 200 valence electrons. The quantitative estimate of drug-likeness (QED) is 0.182. The Morgan fingerprint density at radius 3 is 2.23 bits per heavy atom. The number of anilines is 1. The number of hydrogen-bond donors (Lipinski definition) is 1. The number of benzene rings is 4. The van der Waals surface area contributed by atoms with E-state index >= 15 is 0 Å². The molecule has 1 aromatic heterocycles. The summed E-state index contributed by atoms with van der Waals surface area (Å²) < 4.78 is 13.1. The van der Waals surface area contributed by atoms with Gasteiger partial charge in [-0.15, -0.1) is 0 Å². The van der Waals surface area contributed by atoms with Crippen molar-refractivity contribution in [3.63, 3.8) is 0 Å². The highest BCUT2D eigenvalue weighted by Crippen LogP contribution is 2.33. The predicted molar refractivity (Wildman–Crippen MR) is 155 cm³/mol. The van der Waals surface area contributed by atoms with Crippen molar-refractivity contribution in [3.05, 3.63) is 125 Å². The van der Waals surface area contributed by atoms with Crippen LogP contribution in [-0.2, 0) is 4.74 Å². The normalized spacial score (nSPS) is 10.8. The number of carbonyl (C=O) groups is 3. The van der Waals surface area contributed by atoms with E-state index in [9.17, 15) is 14.4 Å². The third-order valence-corrected chi connectivity index (χ3v) is 6.59. The molecule has 5 rings (SSSR count). The Balaban J connectivity index is 1.48. The van der Waals surface area contributed by atoms with Gasteiger partial charge in [0.25, 0.3) is 5.91 Å². The molecule has 0 aliphatic carbocycles. The predicted octanol–water partition coefficient (Wildman–Crippen LogP) is 6.90. The molecule has 0 atom stereocenters. The number of carbonyl (C=O) groups excluding carboxylic acids is 3. The van der Waals surface area contributed by atoms with E-state index in [1.165, 1.54) is 0 Å². The van der Waals surface area contributed by atoms with Gasteiger partial charge >= 0.3 is 11.9 Å². The molecule has 0 aliphatic heterocycles. The molecule has 0 fully saturated rings. The molecule has 7 heteroatoms. The van der Waals surface area contributed by atoms with Crippen molar-refractivity contribution in [1.29, 1.82) is 0 Å². The van der Waals surface area contributed by atoms with Gasteiger partial charge in [-0.3, -0.25) is 4.79 Å². The number of nitrogens with one attached hydrogen (secondary N) is 1. The number of aromatic nitrogens is 1. The number of rotatable bonds is 7. The molecule has 1 N–H and O–H groups in total. The number of para-hydroxylation sites is 2. The molecular weight excluding hydrogens is 504 g/mol. The van der Waals surface area contributed by atoms with Crippen molar-refractivity contribution < 1.29 is 23.9 Å². The summed E-state index contributed by atoms with van der Waals surface area (Å²) in [5, 5.41) is 3.41. The monoisotopic (exact) mass is 532 g/mol. The summed E-state index contributed by atoms with van der Waals surface area (Å²) in [6.07, 6.45) is 0. The van der Waals surface area contributed by atoms with Crippen molar-refractivity contribution >= 4 is 34.4 Å². The van der Waals surface area contributed by atoms with Crippen LogP contribution in [0, 0.1) is 13.8 Å². The van der Waals surface area contributed by atoms with Crippen LogP contribution in [0.4, 0.5) is 5.69 Å². The summed E-state index contributed by atoms with van der Waals surface area (Å²) in [7, 11) is 0. The van der Waals surface area contributed by atoms with Crippen LogP contribution in [0.1, 0.15) is 49.3 Å². The zero-order chi connectivity index (χ0) is 28.2. The van der Waals surface area contributed by atoms with Crippen molar-refractivity contribution in [3.8, 4) is 11.4 Å². The Bertz CT molecular complexity index is 1720. The summed E-state index contributed by atoms with van der Waals surface area (Å²) in [5.74, 6) is -1.17. The van der Waals surface area contributed by atoms with Gasteiger partial charge in [-0.25, -0.2) is 9.59 Å². The van der Waals surface area contributed by atoms with Gasteiger partial charge in [-0.05, 0) is 75.4 Å². The summed E-state index contributed by atoms with van der Waals surface area (Å²) in [5.41, 5.74) is 4.84. The van der Waals surface area contributed by atoms with E-state index in [0.717, 1.165) is 16.8 Å². The first-order valence-electron chi connectivity index (χ1n) is 12.9. The summed E-state index contributed by atoms with van der Waals surface area (Å²) >= 11 is 0. The molecule has 0 unspecified atom stereocenters. The van der Waals surface area contributed by atoms with E-state index in [-0.39, 0.29) is 23.8 Å². The van der Waals surface area contributed by atoms with Crippen LogP contribution in [0.2, 0.25) is 0 Å². The second kappa shape index (κ2) is 11.3.